The molecule has 5 rings (SSSR count). The highest BCUT2D eigenvalue weighted by atomic mass is 79.9. The van der Waals surface area contributed by atoms with E-state index in [0.29, 0.717) is 6.04 Å². The van der Waals surface area contributed by atoms with Gasteiger partial charge in [0.2, 0.25) is 0 Å². The molecule has 30 heavy (non-hydrogen) atoms. The van der Waals surface area contributed by atoms with Crippen molar-refractivity contribution in [3.8, 4) is 5.69 Å². The molecule has 0 saturated carbocycles. The maximum absolute atomic E-state index is 5.17. The number of thioether (sulfide) groups is 1. The summed E-state index contributed by atoms with van der Waals surface area (Å²) in [7, 11) is 0. The van der Waals surface area contributed by atoms with Crippen LogP contribution in [-0.4, -0.2) is 31.4 Å². The quantitative estimate of drug-likeness (QED) is 0.443. The Kier molecular flexibility index (Phi) is 5.23. The van der Waals surface area contributed by atoms with Crippen LogP contribution in [0.1, 0.15) is 48.1 Å². The monoisotopic (exact) mass is 480 g/mol. The highest BCUT2D eigenvalue weighted by Crippen LogP contribution is 2.49. The van der Waals surface area contributed by atoms with Gasteiger partial charge in [-0.25, -0.2) is 0 Å². The number of hydrogen-bond donors (Lipinski definition) is 0. The van der Waals surface area contributed by atoms with Gasteiger partial charge in [-0.2, -0.15) is 0 Å². The van der Waals surface area contributed by atoms with Crippen molar-refractivity contribution < 1.29 is 0 Å². The molecule has 1 fully saturated rings. The highest BCUT2D eigenvalue weighted by Gasteiger charge is 2.46. The lowest BCUT2D eigenvalue weighted by Crippen LogP contribution is -2.35. The molecule has 0 spiro atoms. The lowest BCUT2D eigenvalue weighted by Gasteiger charge is -2.32. The third kappa shape index (κ3) is 3.21. The normalized spacial score (nSPS) is 23.0. The van der Waals surface area contributed by atoms with E-state index in [9.17, 15) is 0 Å². The van der Waals surface area contributed by atoms with Gasteiger partial charge in [0.15, 0.2) is 5.17 Å². The molecule has 0 N–H and O–H groups in total. The van der Waals surface area contributed by atoms with E-state index < -0.39 is 0 Å². The van der Waals surface area contributed by atoms with Crippen LogP contribution in [0.15, 0.2) is 64.2 Å². The molecule has 154 valence electrons. The topological polar surface area (TPSA) is 33.4 Å². The molecule has 0 unspecified atom stereocenters. The van der Waals surface area contributed by atoms with E-state index in [1.165, 1.54) is 27.8 Å². The zero-order valence-corrected chi connectivity index (χ0v) is 19.8. The molecule has 3 atom stereocenters. The summed E-state index contributed by atoms with van der Waals surface area (Å²) in [6, 6.07) is 17.8. The maximum Gasteiger partial charge on any atom is 0.160 e. The van der Waals surface area contributed by atoms with Crippen LogP contribution in [0.25, 0.3) is 5.69 Å². The number of pyridine rings is 1. The summed E-state index contributed by atoms with van der Waals surface area (Å²) in [5, 5.41) is 1.18. The van der Waals surface area contributed by atoms with Crippen molar-refractivity contribution in [2.24, 2.45) is 4.99 Å². The van der Waals surface area contributed by atoms with E-state index in [1.807, 2.05) is 24.0 Å². The summed E-state index contributed by atoms with van der Waals surface area (Å²) in [5.74, 6) is 1.12. The van der Waals surface area contributed by atoms with Gasteiger partial charge in [-0.15, -0.1) is 0 Å². The molecule has 6 heteroatoms. The number of aryl methyl sites for hydroxylation is 1. The zero-order valence-electron chi connectivity index (χ0n) is 17.4. The summed E-state index contributed by atoms with van der Waals surface area (Å²) >= 11 is 5.45. The predicted octanol–water partition coefficient (Wildman–Crippen LogP) is 6.23. The fourth-order valence-electron chi connectivity index (χ4n) is 4.76. The Morgan fingerprint density at radius 2 is 1.93 bits per heavy atom. The van der Waals surface area contributed by atoms with Crippen LogP contribution in [0.4, 0.5) is 0 Å². The van der Waals surface area contributed by atoms with Crippen molar-refractivity contribution in [1.82, 2.24) is 14.5 Å². The van der Waals surface area contributed by atoms with Crippen molar-refractivity contribution >= 4 is 32.9 Å². The largest absolute Gasteiger partial charge is 0.338 e. The Bertz CT molecular complexity index is 1090. The Morgan fingerprint density at radius 1 is 1.13 bits per heavy atom. The Hall–Kier alpha value is -2.05. The van der Waals surface area contributed by atoms with Crippen molar-refractivity contribution in [3.63, 3.8) is 0 Å². The van der Waals surface area contributed by atoms with E-state index in [1.54, 1.807) is 0 Å². The number of halogens is 1. The number of nitrogens with zero attached hydrogens (tertiary/aromatic N) is 4. The van der Waals surface area contributed by atoms with Gasteiger partial charge >= 0.3 is 0 Å². The summed E-state index contributed by atoms with van der Waals surface area (Å²) in [4.78, 5) is 12.4. The molecule has 1 aromatic carbocycles. The first kappa shape index (κ1) is 19.9. The average molecular weight is 481 g/mol. The summed E-state index contributed by atoms with van der Waals surface area (Å²) in [6.07, 6.45) is 3.01. The molecular weight excluding hydrogens is 456 g/mol. The minimum absolute atomic E-state index is 0.0296. The second kappa shape index (κ2) is 7.89. The second-order valence-electron chi connectivity index (χ2n) is 7.97. The SMILES string of the molecule is CC[C@H]1CSC2=N[C@@H](c3ccccn3)[C@@H](c3cc(C)n(-c4ccc(Br)cc4)c3C)N21. The van der Waals surface area contributed by atoms with Gasteiger partial charge < -0.3 is 9.47 Å². The fourth-order valence-corrected chi connectivity index (χ4v) is 6.36. The van der Waals surface area contributed by atoms with Crippen LogP contribution in [0, 0.1) is 13.8 Å². The molecule has 3 aromatic rings. The van der Waals surface area contributed by atoms with Crippen LogP contribution >= 0.6 is 27.7 Å². The number of hydrogen-bond acceptors (Lipinski definition) is 4. The van der Waals surface area contributed by atoms with Crippen LogP contribution < -0.4 is 0 Å². The molecule has 0 radical (unpaired) electrons. The van der Waals surface area contributed by atoms with E-state index >= 15 is 0 Å². The Labute approximate surface area is 190 Å². The third-order valence-electron chi connectivity index (χ3n) is 6.20. The second-order valence-corrected chi connectivity index (χ2v) is 9.88. The molecule has 2 aromatic heterocycles. The molecule has 2 aliphatic rings. The van der Waals surface area contributed by atoms with Crippen molar-refractivity contribution in [2.75, 3.05) is 5.75 Å². The first-order chi connectivity index (χ1) is 14.6. The molecule has 0 amide bonds. The van der Waals surface area contributed by atoms with Crippen molar-refractivity contribution in [1.29, 1.82) is 0 Å². The number of rotatable bonds is 4. The Balaban J connectivity index is 1.63. The fraction of sp³-hybridized carbons (Fsp3) is 0.333. The number of fused-ring (bicyclic) bond motifs is 1. The van der Waals surface area contributed by atoms with Crippen LogP contribution in [0.5, 0.6) is 0 Å². The zero-order chi connectivity index (χ0) is 20.8. The molecular formula is C24H25BrN4S. The van der Waals surface area contributed by atoms with E-state index in [2.05, 4.69) is 93.6 Å². The highest BCUT2D eigenvalue weighted by molar-refractivity contribution is 9.10. The van der Waals surface area contributed by atoms with Gasteiger partial charge in [0, 0.05) is 39.5 Å². The molecule has 2 aliphatic heterocycles. The molecule has 4 heterocycles. The first-order valence-electron chi connectivity index (χ1n) is 10.4. The van der Waals surface area contributed by atoms with Crippen LogP contribution in [-0.2, 0) is 0 Å². The predicted molar refractivity (Wildman–Crippen MR) is 128 cm³/mol. The third-order valence-corrected chi connectivity index (χ3v) is 7.86. The first-order valence-corrected chi connectivity index (χ1v) is 12.2. The molecule has 4 nitrogen and oxygen atoms in total. The summed E-state index contributed by atoms with van der Waals surface area (Å²) in [5.41, 5.74) is 6.12. The van der Waals surface area contributed by atoms with E-state index in [4.69, 9.17) is 4.99 Å². The number of aromatic nitrogens is 2. The van der Waals surface area contributed by atoms with Gasteiger partial charge in [-0.1, -0.05) is 40.7 Å². The van der Waals surface area contributed by atoms with Gasteiger partial charge in [0.1, 0.15) is 6.04 Å². The van der Waals surface area contributed by atoms with Crippen molar-refractivity contribution in [2.45, 2.75) is 45.3 Å². The lowest BCUT2D eigenvalue weighted by molar-refractivity contribution is 0.254. The van der Waals surface area contributed by atoms with Crippen LogP contribution in [0.2, 0.25) is 0 Å². The summed E-state index contributed by atoms with van der Waals surface area (Å²) in [6.45, 7) is 6.72. The van der Waals surface area contributed by atoms with Gasteiger partial charge in [0.05, 0.1) is 11.7 Å². The van der Waals surface area contributed by atoms with Crippen molar-refractivity contribution in [3.05, 3.63) is 81.8 Å². The smallest absolute Gasteiger partial charge is 0.160 e. The maximum atomic E-state index is 5.17. The molecule has 0 bridgehead atoms. The minimum atomic E-state index is 0.0296. The van der Waals surface area contributed by atoms with E-state index in [-0.39, 0.29) is 12.1 Å². The summed E-state index contributed by atoms with van der Waals surface area (Å²) < 4.78 is 3.46. The number of aliphatic imine (C=N–C) groups is 1. The van der Waals surface area contributed by atoms with Crippen LogP contribution in [0.3, 0.4) is 0 Å². The van der Waals surface area contributed by atoms with Gasteiger partial charge in [-0.3, -0.25) is 9.98 Å². The Morgan fingerprint density at radius 3 is 2.63 bits per heavy atom. The standard InChI is InChI=1S/C24H25BrN4S/c1-4-18-14-30-24-27-22(21-7-5-6-12-26-21)23(29(18)24)20-13-15(2)28(16(20)3)19-10-8-17(25)9-11-19/h5-13,18,22-23H,4,14H2,1-3H3/t18-,22-,23+/m0/s1. The average Bonchev–Trinajstić information content (AvgIpc) is 3.41. The van der Waals surface area contributed by atoms with E-state index in [0.717, 1.165) is 22.3 Å². The minimum Gasteiger partial charge on any atom is -0.338 e. The molecule has 0 aliphatic carbocycles. The van der Waals surface area contributed by atoms with Gasteiger partial charge in [-0.05, 0) is 68.3 Å². The molecule has 1 saturated heterocycles. The number of benzene rings is 1. The number of amidine groups is 1. The van der Waals surface area contributed by atoms with Gasteiger partial charge in [0.25, 0.3) is 0 Å². The lowest BCUT2D eigenvalue weighted by atomic mass is 9.95.